The van der Waals surface area contributed by atoms with E-state index in [-0.39, 0.29) is 5.56 Å². The van der Waals surface area contributed by atoms with Crippen LogP contribution in [0.25, 0.3) is 5.57 Å². The number of pyridine rings is 1. The predicted octanol–water partition coefficient (Wildman–Crippen LogP) is 2.62. The van der Waals surface area contributed by atoms with Crippen LogP contribution in [0.4, 0.5) is 11.5 Å². The van der Waals surface area contributed by atoms with Crippen molar-refractivity contribution in [2.75, 3.05) is 50.0 Å². The van der Waals surface area contributed by atoms with Crippen molar-refractivity contribution in [3.05, 3.63) is 61.6 Å². The highest BCUT2D eigenvalue weighted by Crippen LogP contribution is 2.24. The van der Waals surface area contributed by atoms with Gasteiger partial charge in [-0.2, -0.15) is 0 Å². The summed E-state index contributed by atoms with van der Waals surface area (Å²) in [4.78, 5) is 24.4. The third-order valence-electron chi connectivity index (χ3n) is 4.99. The molecule has 0 aliphatic carbocycles. The number of aromatic nitrogens is 1. The van der Waals surface area contributed by atoms with Gasteiger partial charge in [0, 0.05) is 42.2 Å². The Balaban J connectivity index is 1.52. The first-order valence-electron chi connectivity index (χ1n) is 9.02. The molecule has 0 radical (unpaired) electrons. The van der Waals surface area contributed by atoms with Crippen molar-refractivity contribution in [1.29, 1.82) is 0 Å². The molecule has 0 bridgehead atoms. The van der Waals surface area contributed by atoms with E-state index in [0.29, 0.717) is 12.2 Å². The number of H-pyrrole nitrogens is 1. The molecule has 1 saturated heterocycles. The van der Waals surface area contributed by atoms with E-state index < -0.39 is 0 Å². The average Bonchev–Trinajstić information content (AvgIpc) is 2.67. The number of nitrogens with one attached hydrogen (secondary N) is 2. The molecular weight excluding hydrogens is 453 g/mol. The molecule has 0 amide bonds. The lowest BCUT2D eigenvalue weighted by Crippen LogP contribution is -2.45. The number of nitrogens with zero attached hydrogens (tertiary/aromatic N) is 3. The van der Waals surface area contributed by atoms with Crippen molar-refractivity contribution >= 4 is 45.9 Å². The van der Waals surface area contributed by atoms with Gasteiger partial charge in [-0.05, 0) is 70.6 Å². The molecule has 6 nitrogen and oxygen atoms in total. The lowest BCUT2D eigenvalue weighted by Gasteiger charge is -2.33. The second-order valence-corrected chi connectivity index (χ2v) is 8.14. The smallest absolute Gasteiger partial charge is 0.273 e. The number of rotatable bonds is 3. The summed E-state index contributed by atoms with van der Waals surface area (Å²) in [6, 6.07) is 10.1. The monoisotopic (exact) mass is 475 g/mol. The number of aliphatic imine (C=N–C) groups is 1. The van der Waals surface area contributed by atoms with Crippen molar-refractivity contribution in [2.24, 2.45) is 4.99 Å². The van der Waals surface area contributed by atoms with Gasteiger partial charge < -0.3 is 20.1 Å². The molecule has 0 spiro atoms. The molecule has 1 aromatic carbocycles. The minimum atomic E-state index is -0.106. The highest BCUT2D eigenvalue weighted by molar-refractivity contribution is 14.1. The summed E-state index contributed by atoms with van der Waals surface area (Å²) < 4.78 is 1.18. The molecule has 3 heterocycles. The van der Waals surface area contributed by atoms with Crippen molar-refractivity contribution in [1.82, 2.24) is 9.88 Å². The zero-order valence-electron chi connectivity index (χ0n) is 15.2. The molecule has 2 aromatic rings. The van der Waals surface area contributed by atoms with Crippen molar-refractivity contribution in [2.45, 2.75) is 0 Å². The number of piperazine rings is 1. The van der Waals surface area contributed by atoms with Gasteiger partial charge in [-0.25, -0.2) is 0 Å². The second kappa shape index (κ2) is 7.85. The van der Waals surface area contributed by atoms with Gasteiger partial charge in [-0.1, -0.05) is 6.07 Å². The first-order valence-corrected chi connectivity index (χ1v) is 10.1. The molecule has 140 valence electrons. The molecule has 7 heteroatoms. The van der Waals surface area contributed by atoms with Gasteiger partial charge in [-0.3, -0.25) is 9.79 Å². The molecule has 0 atom stereocenters. The molecule has 2 N–H and O–H groups in total. The van der Waals surface area contributed by atoms with E-state index in [1.54, 1.807) is 0 Å². The standard InChI is InChI=1S/C20H22IN5O/c1-25-6-8-26(9-7-25)19-5-4-18(20(27)24-19)23-13-15-12-22-11-14-2-3-16(21)10-17(14)15/h2-5,10-11,13,23H,6-9,12H2,1H3,(H,24,27)/b15-13+. The van der Waals surface area contributed by atoms with Gasteiger partial charge in [0.25, 0.3) is 5.56 Å². The maximum Gasteiger partial charge on any atom is 0.273 e. The minimum absolute atomic E-state index is 0.106. The van der Waals surface area contributed by atoms with Gasteiger partial charge in [0.2, 0.25) is 0 Å². The van der Waals surface area contributed by atoms with Crippen LogP contribution in [0.1, 0.15) is 11.1 Å². The number of halogens is 1. The van der Waals surface area contributed by atoms with Crippen molar-refractivity contribution < 1.29 is 0 Å². The van der Waals surface area contributed by atoms with Crippen LogP contribution in [0.5, 0.6) is 0 Å². The molecule has 2 aliphatic heterocycles. The van der Waals surface area contributed by atoms with Gasteiger partial charge in [0.15, 0.2) is 0 Å². The van der Waals surface area contributed by atoms with E-state index in [1.807, 2.05) is 24.5 Å². The quantitative estimate of drug-likeness (QED) is 0.671. The van der Waals surface area contributed by atoms with Gasteiger partial charge in [0.05, 0.1) is 6.54 Å². The topological polar surface area (TPSA) is 63.7 Å². The predicted molar refractivity (Wildman–Crippen MR) is 120 cm³/mol. The fourth-order valence-corrected chi connectivity index (χ4v) is 3.83. The first kappa shape index (κ1) is 18.2. The molecule has 0 saturated carbocycles. The van der Waals surface area contributed by atoms with Crippen LogP contribution in [0.2, 0.25) is 0 Å². The third kappa shape index (κ3) is 4.08. The average molecular weight is 475 g/mol. The first-order chi connectivity index (χ1) is 13.1. The number of fused-ring (bicyclic) bond motifs is 1. The third-order valence-corrected chi connectivity index (χ3v) is 5.66. The van der Waals surface area contributed by atoms with Crippen LogP contribution in [0.15, 0.2) is 46.3 Å². The summed E-state index contributed by atoms with van der Waals surface area (Å²) in [6.45, 7) is 4.48. The normalized spacial score (nSPS) is 18.6. The number of aromatic amines is 1. The van der Waals surface area contributed by atoms with E-state index in [2.05, 4.69) is 72.9 Å². The van der Waals surface area contributed by atoms with E-state index in [9.17, 15) is 4.79 Å². The number of benzene rings is 1. The molecule has 2 aliphatic rings. The number of anilines is 2. The SMILES string of the molecule is CN1CCN(c2ccc(N/C=C3\CN=Cc4ccc(I)cc43)c(=O)[nH]2)CC1. The Bertz CT molecular complexity index is 957. The molecule has 27 heavy (non-hydrogen) atoms. The van der Waals surface area contributed by atoms with Crippen molar-refractivity contribution in [3.63, 3.8) is 0 Å². The van der Waals surface area contributed by atoms with Crippen LogP contribution in [0.3, 0.4) is 0 Å². The number of hydrogen-bond donors (Lipinski definition) is 2. The highest BCUT2D eigenvalue weighted by atomic mass is 127. The fraction of sp³-hybridized carbons (Fsp3) is 0.300. The fourth-order valence-electron chi connectivity index (χ4n) is 3.34. The van der Waals surface area contributed by atoms with Crippen LogP contribution in [-0.2, 0) is 0 Å². The second-order valence-electron chi connectivity index (χ2n) is 6.89. The Morgan fingerprint density at radius 2 is 2.00 bits per heavy atom. The number of hydrogen-bond acceptors (Lipinski definition) is 5. The lowest BCUT2D eigenvalue weighted by atomic mass is 9.99. The van der Waals surface area contributed by atoms with Crippen molar-refractivity contribution in [3.8, 4) is 0 Å². The summed E-state index contributed by atoms with van der Waals surface area (Å²) >= 11 is 2.31. The van der Waals surface area contributed by atoms with E-state index >= 15 is 0 Å². The minimum Gasteiger partial charge on any atom is -0.357 e. The van der Waals surface area contributed by atoms with Crippen LogP contribution in [-0.4, -0.2) is 55.9 Å². The van der Waals surface area contributed by atoms with Crippen LogP contribution in [0, 0.1) is 3.57 Å². The van der Waals surface area contributed by atoms with Gasteiger partial charge in [-0.15, -0.1) is 0 Å². The van der Waals surface area contributed by atoms with Gasteiger partial charge in [0.1, 0.15) is 11.5 Å². The highest BCUT2D eigenvalue weighted by Gasteiger charge is 2.15. The van der Waals surface area contributed by atoms with E-state index in [0.717, 1.165) is 48.7 Å². The van der Waals surface area contributed by atoms with E-state index in [1.165, 1.54) is 3.57 Å². The van der Waals surface area contributed by atoms with Crippen LogP contribution < -0.4 is 15.8 Å². The zero-order valence-corrected chi connectivity index (χ0v) is 17.4. The largest absolute Gasteiger partial charge is 0.357 e. The Kier molecular flexibility index (Phi) is 5.31. The summed E-state index contributed by atoms with van der Waals surface area (Å²) in [5.74, 6) is 0.883. The summed E-state index contributed by atoms with van der Waals surface area (Å²) in [6.07, 6.45) is 3.80. The maximum atomic E-state index is 12.5. The summed E-state index contributed by atoms with van der Waals surface area (Å²) in [5, 5.41) is 3.17. The van der Waals surface area contributed by atoms with Gasteiger partial charge >= 0.3 is 0 Å². The Morgan fingerprint density at radius 1 is 1.19 bits per heavy atom. The Hall–Kier alpha value is -2.13. The summed E-state index contributed by atoms with van der Waals surface area (Å²) in [5.41, 5.74) is 3.78. The molecule has 4 rings (SSSR count). The molecular formula is C20H22IN5O. The van der Waals surface area contributed by atoms with Crippen LogP contribution >= 0.6 is 22.6 Å². The molecule has 1 fully saturated rings. The zero-order chi connectivity index (χ0) is 18.8. The Labute approximate surface area is 172 Å². The maximum absolute atomic E-state index is 12.5. The molecule has 1 aromatic heterocycles. The summed E-state index contributed by atoms with van der Waals surface area (Å²) in [7, 11) is 2.12. The Morgan fingerprint density at radius 3 is 2.78 bits per heavy atom. The van der Waals surface area contributed by atoms with E-state index in [4.69, 9.17) is 0 Å². The lowest BCUT2D eigenvalue weighted by molar-refractivity contribution is 0.312. The molecule has 0 unspecified atom stereocenters. The number of likely N-dealkylation sites (N-methyl/N-ethyl adjacent to an activating group) is 1.